The van der Waals surface area contributed by atoms with Gasteiger partial charge in [-0.3, -0.25) is 9.58 Å². The first-order chi connectivity index (χ1) is 13.2. The number of likely N-dealkylation sites (tertiary alicyclic amines) is 1. The molecule has 1 aliphatic heterocycles. The summed E-state index contributed by atoms with van der Waals surface area (Å²) in [5.41, 5.74) is 1.29. The maximum absolute atomic E-state index is 12.8. The van der Waals surface area contributed by atoms with E-state index in [-0.39, 0.29) is 18.6 Å². The molecule has 0 aliphatic carbocycles. The number of hydrogen-bond acceptors (Lipinski definition) is 4. The summed E-state index contributed by atoms with van der Waals surface area (Å²) in [5.74, 6) is -0.415. The molecule has 5 nitrogen and oxygen atoms in total. The van der Waals surface area contributed by atoms with Crippen LogP contribution in [0.15, 0.2) is 30.5 Å². The Hall–Kier alpha value is -2.35. The maximum Gasteiger partial charge on any atom is 0.416 e. The Labute approximate surface area is 162 Å². The SMILES string of the molecule is Cc1c(C(=O)OC[C@@H]2CCCN(C)[C@H]2c2ccc(C(F)(F)F)cc2)cnn1C. The highest BCUT2D eigenvalue weighted by Gasteiger charge is 2.34. The molecule has 1 aromatic heterocycles. The fraction of sp³-hybridized carbons (Fsp3) is 0.500. The molecular weight excluding hydrogens is 371 g/mol. The number of rotatable bonds is 4. The van der Waals surface area contributed by atoms with E-state index >= 15 is 0 Å². The van der Waals surface area contributed by atoms with Gasteiger partial charge in [0.05, 0.1) is 18.4 Å². The average Bonchev–Trinajstić information content (AvgIpc) is 2.98. The van der Waals surface area contributed by atoms with Gasteiger partial charge in [0.2, 0.25) is 0 Å². The zero-order chi connectivity index (χ0) is 20.5. The van der Waals surface area contributed by atoms with Crippen molar-refractivity contribution in [3.63, 3.8) is 0 Å². The first kappa shape index (κ1) is 20.4. The number of esters is 1. The number of alkyl halides is 3. The molecule has 28 heavy (non-hydrogen) atoms. The van der Waals surface area contributed by atoms with E-state index in [2.05, 4.69) is 10.00 Å². The van der Waals surface area contributed by atoms with Crippen LogP contribution in [0, 0.1) is 12.8 Å². The lowest BCUT2D eigenvalue weighted by molar-refractivity contribution is -0.137. The second-order valence-electron chi connectivity index (χ2n) is 7.31. The first-order valence-corrected chi connectivity index (χ1v) is 9.21. The molecule has 3 rings (SSSR count). The molecule has 1 aromatic carbocycles. The van der Waals surface area contributed by atoms with E-state index in [0.717, 1.165) is 42.8 Å². The third kappa shape index (κ3) is 4.22. The highest BCUT2D eigenvalue weighted by molar-refractivity contribution is 5.90. The van der Waals surface area contributed by atoms with Crippen LogP contribution in [-0.2, 0) is 18.0 Å². The van der Waals surface area contributed by atoms with Gasteiger partial charge in [-0.2, -0.15) is 18.3 Å². The minimum Gasteiger partial charge on any atom is -0.462 e. The maximum atomic E-state index is 12.8. The summed E-state index contributed by atoms with van der Waals surface area (Å²) in [6.45, 7) is 2.85. The smallest absolute Gasteiger partial charge is 0.416 e. The molecule has 1 aliphatic rings. The van der Waals surface area contributed by atoms with Gasteiger partial charge in [0.1, 0.15) is 5.56 Å². The van der Waals surface area contributed by atoms with Crippen molar-refractivity contribution in [2.75, 3.05) is 20.2 Å². The molecule has 1 saturated heterocycles. The number of hydrogen-bond donors (Lipinski definition) is 0. The number of carbonyl (C=O) groups is 1. The lowest BCUT2D eigenvalue weighted by Crippen LogP contribution is -2.38. The van der Waals surface area contributed by atoms with Crippen LogP contribution in [0.25, 0.3) is 0 Å². The van der Waals surface area contributed by atoms with E-state index in [0.29, 0.717) is 5.56 Å². The van der Waals surface area contributed by atoms with Crippen LogP contribution >= 0.6 is 0 Å². The molecule has 2 aromatic rings. The second-order valence-corrected chi connectivity index (χ2v) is 7.31. The van der Waals surface area contributed by atoms with Gasteiger partial charge in [-0.05, 0) is 51.1 Å². The fourth-order valence-corrected chi connectivity index (χ4v) is 3.79. The lowest BCUT2D eigenvalue weighted by atomic mass is 9.85. The van der Waals surface area contributed by atoms with Gasteiger partial charge in [-0.1, -0.05) is 12.1 Å². The molecular formula is C20H24F3N3O2. The number of nitrogens with zero attached hydrogens (tertiary/aromatic N) is 3. The Balaban J connectivity index is 1.73. The molecule has 0 radical (unpaired) electrons. The average molecular weight is 395 g/mol. The molecule has 0 spiro atoms. The second kappa shape index (κ2) is 7.95. The van der Waals surface area contributed by atoms with E-state index in [1.165, 1.54) is 18.3 Å². The molecule has 0 amide bonds. The highest BCUT2D eigenvalue weighted by atomic mass is 19.4. The summed E-state index contributed by atoms with van der Waals surface area (Å²) >= 11 is 0. The summed E-state index contributed by atoms with van der Waals surface area (Å²) in [6, 6.07) is 5.17. The Morgan fingerprint density at radius 3 is 2.50 bits per heavy atom. The van der Waals surface area contributed by atoms with Gasteiger partial charge >= 0.3 is 12.1 Å². The summed E-state index contributed by atoms with van der Waals surface area (Å²) in [7, 11) is 3.70. The van der Waals surface area contributed by atoms with Crippen molar-refractivity contribution >= 4 is 5.97 Å². The summed E-state index contributed by atoms with van der Waals surface area (Å²) in [6.07, 6.45) is -1.08. The third-order valence-corrected chi connectivity index (χ3v) is 5.47. The van der Waals surface area contributed by atoms with Crippen LogP contribution in [0.3, 0.4) is 0 Å². The number of carbonyl (C=O) groups excluding carboxylic acids is 1. The van der Waals surface area contributed by atoms with Crippen molar-refractivity contribution in [3.05, 3.63) is 52.8 Å². The number of piperidine rings is 1. The molecule has 0 saturated carbocycles. The monoisotopic (exact) mass is 395 g/mol. The Morgan fingerprint density at radius 1 is 1.25 bits per heavy atom. The fourth-order valence-electron chi connectivity index (χ4n) is 3.79. The van der Waals surface area contributed by atoms with Gasteiger partial charge in [0, 0.05) is 24.7 Å². The summed E-state index contributed by atoms with van der Waals surface area (Å²) < 4.78 is 45.7. The van der Waals surface area contributed by atoms with Crippen molar-refractivity contribution in [2.24, 2.45) is 13.0 Å². The summed E-state index contributed by atoms with van der Waals surface area (Å²) in [4.78, 5) is 14.5. The normalized spacial score (nSPS) is 20.9. The molecule has 8 heteroatoms. The van der Waals surface area contributed by atoms with Crippen LogP contribution in [0.2, 0.25) is 0 Å². The van der Waals surface area contributed by atoms with E-state index in [9.17, 15) is 18.0 Å². The van der Waals surface area contributed by atoms with E-state index in [4.69, 9.17) is 4.74 Å². The molecule has 0 bridgehead atoms. The van der Waals surface area contributed by atoms with E-state index in [1.54, 1.807) is 18.7 Å². The number of aryl methyl sites for hydroxylation is 1. The van der Waals surface area contributed by atoms with Gasteiger partial charge in [0.25, 0.3) is 0 Å². The Morgan fingerprint density at radius 2 is 1.93 bits per heavy atom. The topological polar surface area (TPSA) is 47.4 Å². The third-order valence-electron chi connectivity index (χ3n) is 5.47. The molecule has 1 fully saturated rings. The number of ether oxygens (including phenoxy) is 1. The van der Waals surface area contributed by atoms with Gasteiger partial charge in [-0.15, -0.1) is 0 Å². The predicted octanol–water partition coefficient (Wildman–Crippen LogP) is 3.99. The zero-order valence-electron chi connectivity index (χ0n) is 16.2. The zero-order valence-corrected chi connectivity index (χ0v) is 16.2. The summed E-state index contributed by atoms with van der Waals surface area (Å²) in [5, 5.41) is 4.05. The van der Waals surface area contributed by atoms with Crippen molar-refractivity contribution < 1.29 is 22.7 Å². The molecule has 2 heterocycles. The standard InChI is InChI=1S/C20H24F3N3O2/c1-13-17(11-24-26(13)3)19(27)28-12-15-5-4-10-25(2)18(15)14-6-8-16(9-7-14)20(21,22)23/h6-9,11,15,18H,4-5,10,12H2,1-3H3/t15-,18-/m0/s1. The van der Waals surface area contributed by atoms with Gasteiger partial charge in [0.15, 0.2) is 0 Å². The lowest BCUT2D eigenvalue weighted by Gasteiger charge is -2.39. The quantitative estimate of drug-likeness (QED) is 0.735. The van der Waals surface area contributed by atoms with Crippen molar-refractivity contribution in [2.45, 2.75) is 32.0 Å². The van der Waals surface area contributed by atoms with E-state index in [1.807, 2.05) is 7.05 Å². The molecule has 0 N–H and O–H groups in total. The number of aromatic nitrogens is 2. The van der Waals surface area contributed by atoms with Crippen LogP contribution in [-0.4, -0.2) is 40.8 Å². The first-order valence-electron chi connectivity index (χ1n) is 9.21. The Kier molecular flexibility index (Phi) is 5.79. The largest absolute Gasteiger partial charge is 0.462 e. The number of benzene rings is 1. The van der Waals surface area contributed by atoms with E-state index < -0.39 is 17.7 Å². The Bertz CT molecular complexity index is 830. The minimum absolute atomic E-state index is 0.0106. The van der Waals surface area contributed by atoms with Gasteiger partial charge < -0.3 is 4.74 Å². The molecule has 152 valence electrons. The van der Waals surface area contributed by atoms with Crippen LogP contribution < -0.4 is 0 Å². The highest BCUT2D eigenvalue weighted by Crippen LogP contribution is 2.37. The number of halogens is 3. The van der Waals surface area contributed by atoms with Crippen LogP contribution in [0.5, 0.6) is 0 Å². The molecule has 2 atom stereocenters. The minimum atomic E-state index is -4.35. The predicted molar refractivity (Wildman–Crippen MR) is 97.8 cm³/mol. The van der Waals surface area contributed by atoms with Crippen LogP contribution in [0.1, 0.15) is 46.1 Å². The van der Waals surface area contributed by atoms with Gasteiger partial charge in [-0.25, -0.2) is 4.79 Å². The van der Waals surface area contributed by atoms with Crippen molar-refractivity contribution in [1.29, 1.82) is 0 Å². The molecule has 0 unspecified atom stereocenters. The van der Waals surface area contributed by atoms with Crippen molar-refractivity contribution in [3.8, 4) is 0 Å². The van der Waals surface area contributed by atoms with Crippen LogP contribution in [0.4, 0.5) is 13.2 Å². The van der Waals surface area contributed by atoms with Crippen molar-refractivity contribution in [1.82, 2.24) is 14.7 Å².